The summed E-state index contributed by atoms with van der Waals surface area (Å²) in [5.41, 5.74) is 2.69. The predicted molar refractivity (Wildman–Crippen MR) is 121 cm³/mol. The zero-order chi connectivity index (χ0) is 21.8. The summed E-state index contributed by atoms with van der Waals surface area (Å²) < 4.78 is 12.3. The summed E-state index contributed by atoms with van der Waals surface area (Å²) in [4.78, 5) is 18.2. The zero-order valence-electron chi connectivity index (χ0n) is 17.0. The maximum Gasteiger partial charge on any atom is 0.266 e. The number of nitrogens with zero attached hydrogens (tertiary/aromatic N) is 3. The van der Waals surface area contributed by atoms with Gasteiger partial charge in [-0.2, -0.15) is 5.26 Å². The van der Waals surface area contributed by atoms with Crippen LogP contribution in [0.2, 0.25) is 0 Å². The Morgan fingerprint density at radius 2 is 1.81 bits per heavy atom. The van der Waals surface area contributed by atoms with Gasteiger partial charge in [0.25, 0.3) is 5.56 Å². The monoisotopic (exact) mass is 429 g/mol. The summed E-state index contributed by atoms with van der Waals surface area (Å²) >= 11 is 1.44. The van der Waals surface area contributed by atoms with Gasteiger partial charge < -0.3 is 9.47 Å². The molecule has 0 fully saturated rings. The fraction of sp³-hybridized carbons (Fsp3) is 0.125. The first-order valence-corrected chi connectivity index (χ1v) is 10.5. The van der Waals surface area contributed by atoms with Crippen LogP contribution in [0.5, 0.6) is 11.5 Å². The number of ether oxygens (including phenoxy) is 2. The van der Waals surface area contributed by atoms with Crippen LogP contribution in [0.1, 0.15) is 11.1 Å². The van der Waals surface area contributed by atoms with Gasteiger partial charge in [-0.1, -0.05) is 36.0 Å². The lowest BCUT2D eigenvalue weighted by molar-refractivity contribution is 0.354. The molecule has 3 aromatic carbocycles. The number of para-hydroxylation sites is 1. The second-order valence-electron chi connectivity index (χ2n) is 6.69. The Morgan fingerprint density at radius 1 is 1.00 bits per heavy atom. The highest BCUT2D eigenvalue weighted by atomic mass is 32.2. The molecule has 0 radical (unpaired) electrons. The molecule has 0 aliphatic heterocycles. The molecule has 0 spiro atoms. The lowest BCUT2D eigenvalue weighted by Crippen LogP contribution is -2.21. The van der Waals surface area contributed by atoms with Crippen molar-refractivity contribution in [1.29, 1.82) is 5.26 Å². The van der Waals surface area contributed by atoms with Crippen LogP contribution in [0.25, 0.3) is 16.6 Å². The van der Waals surface area contributed by atoms with Gasteiger partial charge in [0.05, 0.1) is 42.4 Å². The molecule has 0 aliphatic rings. The number of benzene rings is 3. The molecule has 0 amide bonds. The Bertz CT molecular complexity index is 1360. The second-order valence-corrected chi connectivity index (χ2v) is 7.63. The Hall–Kier alpha value is -3.76. The SMILES string of the molecule is COc1ccc(-n2c(SCc3cccc(C#N)c3)nc3ccccc3c2=O)cc1OC. The van der Waals surface area contributed by atoms with Gasteiger partial charge in [0.2, 0.25) is 0 Å². The molecule has 154 valence electrons. The van der Waals surface area contributed by atoms with Crippen molar-refractivity contribution >= 4 is 22.7 Å². The molecule has 0 unspecified atom stereocenters. The van der Waals surface area contributed by atoms with Crippen molar-refractivity contribution in [1.82, 2.24) is 9.55 Å². The van der Waals surface area contributed by atoms with Crippen molar-refractivity contribution in [3.8, 4) is 23.3 Å². The summed E-state index contributed by atoms with van der Waals surface area (Å²) in [6, 6.07) is 22.2. The van der Waals surface area contributed by atoms with E-state index in [2.05, 4.69) is 6.07 Å². The standard InChI is InChI=1S/C24H19N3O3S/c1-29-21-11-10-18(13-22(21)30-2)27-23(28)19-8-3-4-9-20(19)26-24(27)31-15-17-7-5-6-16(12-17)14-25/h3-13H,15H2,1-2H3. The van der Waals surface area contributed by atoms with E-state index >= 15 is 0 Å². The highest BCUT2D eigenvalue weighted by Crippen LogP contribution is 2.31. The molecule has 1 aromatic heterocycles. The lowest BCUT2D eigenvalue weighted by atomic mass is 10.2. The number of hydrogen-bond acceptors (Lipinski definition) is 6. The Kier molecular flexibility index (Phi) is 5.92. The number of aromatic nitrogens is 2. The van der Waals surface area contributed by atoms with Crippen LogP contribution >= 0.6 is 11.8 Å². The molecule has 6 nitrogen and oxygen atoms in total. The summed E-state index contributed by atoms with van der Waals surface area (Å²) in [5.74, 6) is 1.67. The number of thioether (sulfide) groups is 1. The summed E-state index contributed by atoms with van der Waals surface area (Å²) in [6.45, 7) is 0. The van der Waals surface area contributed by atoms with Gasteiger partial charge in [0.1, 0.15) is 0 Å². The minimum Gasteiger partial charge on any atom is -0.493 e. The fourth-order valence-corrected chi connectivity index (χ4v) is 4.24. The third-order valence-electron chi connectivity index (χ3n) is 4.79. The molecule has 0 aliphatic carbocycles. The van der Waals surface area contributed by atoms with E-state index in [1.54, 1.807) is 49.1 Å². The van der Waals surface area contributed by atoms with Crippen LogP contribution in [0, 0.1) is 11.3 Å². The molecule has 0 N–H and O–H groups in total. The quantitative estimate of drug-likeness (QED) is 0.330. The molecule has 1 heterocycles. The van der Waals surface area contributed by atoms with Gasteiger partial charge in [0, 0.05) is 11.8 Å². The second kappa shape index (κ2) is 8.94. The number of rotatable bonds is 6. The predicted octanol–water partition coefficient (Wildman–Crippen LogP) is 4.57. The molecule has 4 rings (SSSR count). The molecule has 7 heteroatoms. The number of fused-ring (bicyclic) bond motifs is 1. The van der Waals surface area contributed by atoms with Crippen LogP contribution in [-0.2, 0) is 5.75 Å². The maximum atomic E-state index is 13.4. The molecule has 4 aromatic rings. The van der Waals surface area contributed by atoms with Crippen molar-refractivity contribution in [2.24, 2.45) is 0 Å². The minimum absolute atomic E-state index is 0.161. The van der Waals surface area contributed by atoms with E-state index in [0.717, 1.165) is 5.56 Å². The van der Waals surface area contributed by atoms with Crippen molar-refractivity contribution in [3.05, 3.63) is 88.2 Å². The number of hydrogen-bond donors (Lipinski definition) is 0. The Balaban J connectivity index is 1.84. The third kappa shape index (κ3) is 4.11. The van der Waals surface area contributed by atoms with Crippen LogP contribution in [0.15, 0.2) is 76.7 Å². The van der Waals surface area contributed by atoms with Gasteiger partial charge >= 0.3 is 0 Å². The van der Waals surface area contributed by atoms with E-state index in [0.29, 0.717) is 44.6 Å². The highest BCUT2D eigenvalue weighted by Gasteiger charge is 2.15. The number of methoxy groups -OCH3 is 2. The summed E-state index contributed by atoms with van der Waals surface area (Å²) in [5, 5.41) is 10.2. The molecule has 0 saturated heterocycles. The third-order valence-corrected chi connectivity index (χ3v) is 5.80. The zero-order valence-corrected chi connectivity index (χ0v) is 17.8. The summed E-state index contributed by atoms with van der Waals surface area (Å²) in [6.07, 6.45) is 0. The van der Waals surface area contributed by atoms with Gasteiger partial charge in [-0.05, 0) is 42.0 Å². The van der Waals surface area contributed by atoms with Crippen molar-refractivity contribution in [3.63, 3.8) is 0 Å². The van der Waals surface area contributed by atoms with Gasteiger partial charge in [-0.3, -0.25) is 9.36 Å². The molecule has 31 heavy (non-hydrogen) atoms. The van der Waals surface area contributed by atoms with E-state index in [-0.39, 0.29) is 5.56 Å². The van der Waals surface area contributed by atoms with Crippen LogP contribution in [0.4, 0.5) is 0 Å². The summed E-state index contributed by atoms with van der Waals surface area (Å²) in [7, 11) is 3.12. The minimum atomic E-state index is -0.161. The Labute approximate surface area is 183 Å². The Morgan fingerprint density at radius 3 is 2.58 bits per heavy atom. The van der Waals surface area contributed by atoms with Crippen molar-refractivity contribution in [2.75, 3.05) is 14.2 Å². The van der Waals surface area contributed by atoms with Crippen molar-refractivity contribution in [2.45, 2.75) is 10.9 Å². The average Bonchev–Trinajstić information content (AvgIpc) is 2.82. The lowest BCUT2D eigenvalue weighted by Gasteiger charge is -2.15. The van der Waals surface area contributed by atoms with Gasteiger partial charge in [-0.25, -0.2) is 4.98 Å². The van der Waals surface area contributed by atoms with Crippen LogP contribution in [0.3, 0.4) is 0 Å². The van der Waals surface area contributed by atoms with E-state index in [4.69, 9.17) is 19.7 Å². The largest absolute Gasteiger partial charge is 0.493 e. The first kappa shape index (κ1) is 20.5. The molecule has 0 bridgehead atoms. The van der Waals surface area contributed by atoms with Crippen molar-refractivity contribution < 1.29 is 9.47 Å². The normalized spacial score (nSPS) is 10.6. The molecular weight excluding hydrogens is 410 g/mol. The average molecular weight is 430 g/mol. The smallest absolute Gasteiger partial charge is 0.266 e. The molecule has 0 saturated carbocycles. The highest BCUT2D eigenvalue weighted by molar-refractivity contribution is 7.98. The van der Waals surface area contributed by atoms with Crippen LogP contribution < -0.4 is 15.0 Å². The van der Waals surface area contributed by atoms with E-state index in [9.17, 15) is 4.79 Å². The topological polar surface area (TPSA) is 77.1 Å². The van der Waals surface area contributed by atoms with E-state index in [1.165, 1.54) is 11.8 Å². The maximum absolute atomic E-state index is 13.4. The fourth-order valence-electron chi connectivity index (χ4n) is 3.28. The van der Waals surface area contributed by atoms with E-state index < -0.39 is 0 Å². The molecular formula is C24H19N3O3S. The van der Waals surface area contributed by atoms with Crippen LogP contribution in [-0.4, -0.2) is 23.8 Å². The number of nitriles is 1. The first-order valence-electron chi connectivity index (χ1n) is 9.50. The first-order chi connectivity index (χ1) is 15.1. The van der Waals surface area contributed by atoms with Gasteiger partial charge in [-0.15, -0.1) is 0 Å². The molecule has 0 atom stereocenters. The van der Waals surface area contributed by atoms with E-state index in [1.807, 2.05) is 36.4 Å². The van der Waals surface area contributed by atoms with Gasteiger partial charge in [0.15, 0.2) is 16.7 Å².